The van der Waals surface area contributed by atoms with Crippen LogP contribution in [0.2, 0.25) is 0 Å². The summed E-state index contributed by atoms with van der Waals surface area (Å²) in [6.45, 7) is 2.20. The van der Waals surface area contributed by atoms with Crippen molar-refractivity contribution in [2.45, 2.75) is 24.7 Å². The fourth-order valence-corrected chi connectivity index (χ4v) is 2.89. The van der Waals surface area contributed by atoms with E-state index in [1.807, 2.05) is 23.9 Å². The van der Waals surface area contributed by atoms with Crippen molar-refractivity contribution in [1.29, 1.82) is 0 Å². The number of carboxylic acid groups (broad SMARTS) is 1. The molecule has 21 heavy (non-hydrogen) atoms. The van der Waals surface area contributed by atoms with Crippen molar-refractivity contribution in [3.05, 3.63) is 48.5 Å². The van der Waals surface area contributed by atoms with E-state index in [1.165, 1.54) is 17.7 Å². The molecule has 0 unspecified atom stereocenters. The largest absolute Gasteiger partial charge is 0.511 e. The standard InChI is InChI=1S/C17H18O3S/c1-2-3-12-21-16-10-6-14(7-11-16)13-4-8-15(9-5-13)20-17(18)19/h4-11H,2-3,12H2,1H3,(H,18,19). The van der Waals surface area contributed by atoms with Gasteiger partial charge in [-0.3, -0.25) is 0 Å². The molecule has 0 amide bonds. The average molecular weight is 302 g/mol. The van der Waals surface area contributed by atoms with Gasteiger partial charge in [-0.05, 0) is 47.6 Å². The summed E-state index contributed by atoms with van der Waals surface area (Å²) in [5.74, 6) is 1.48. The van der Waals surface area contributed by atoms with Crippen LogP contribution in [0.5, 0.6) is 5.75 Å². The molecule has 0 heterocycles. The number of unbranched alkanes of at least 4 members (excludes halogenated alkanes) is 1. The van der Waals surface area contributed by atoms with E-state index >= 15 is 0 Å². The summed E-state index contributed by atoms with van der Waals surface area (Å²) in [6.07, 6.45) is 1.16. The van der Waals surface area contributed by atoms with Crippen LogP contribution >= 0.6 is 11.8 Å². The van der Waals surface area contributed by atoms with E-state index in [2.05, 4.69) is 35.9 Å². The van der Waals surface area contributed by atoms with Gasteiger partial charge in [0.2, 0.25) is 0 Å². The van der Waals surface area contributed by atoms with Gasteiger partial charge in [-0.25, -0.2) is 4.79 Å². The highest BCUT2D eigenvalue weighted by Crippen LogP contribution is 2.26. The normalized spacial score (nSPS) is 10.3. The molecular formula is C17H18O3S. The Labute approximate surface area is 129 Å². The lowest BCUT2D eigenvalue weighted by Gasteiger charge is -2.05. The quantitative estimate of drug-likeness (QED) is 0.340. The van der Waals surface area contributed by atoms with Crippen LogP contribution < -0.4 is 4.74 Å². The van der Waals surface area contributed by atoms with Crippen LogP contribution in [0.4, 0.5) is 4.79 Å². The molecule has 0 spiro atoms. The monoisotopic (exact) mass is 302 g/mol. The molecule has 0 bridgehead atoms. The van der Waals surface area contributed by atoms with Gasteiger partial charge in [-0.1, -0.05) is 37.6 Å². The fraction of sp³-hybridized carbons (Fsp3) is 0.235. The SMILES string of the molecule is CCCCSc1ccc(-c2ccc(OC(=O)O)cc2)cc1. The number of hydrogen-bond acceptors (Lipinski definition) is 3. The summed E-state index contributed by atoms with van der Waals surface area (Å²) in [4.78, 5) is 11.7. The second kappa shape index (κ2) is 7.74. The minimum absolute atomic E-state index is 0.331. The lowest BCUT2D eigenvalue weighted by atomic mass is 10.1. The van der Waals surface area contributed by atoms with E-state index in [9.17, 15) is 4.79 Å². The summed E-state index contributed by atoms with van der Waals surface area (Å²) in [6, 6.07) is 15.5. The predicted octanol–water partition coefficient (Wildman–Crippen LogP) is 5.30. The third kappa shape index (κ3) is 4.83. The second-order valence-corrected chi connectivity index (χ2v) is 5.79. The average Bonchev–Trinajstić information content (AvgIpc) is 2.49. The number of benzene rings is 2. The summed E-state index contributed by atoms with van der Waals surface area (Å²) >= 11 is 1.87. The first-order valence-corrected chi connectivity index (χ1v) is 7.91. The van der Waals surface area contributed by atoms with Gasteiger partial charge in [0.1, 0.15) is 5.75 Å². The Hall–Kier alpha value is -1.94. The van der Waals surface area contributed by atoms with Crippen LogP contribution in [0.15, 0.2) is 53.4 Å². The van der Waals surface area contributed by atoms with Crippen LogP contribution in [0.25, 0.3) is 11.1 Å². The maximum atomic E-state index is 10.4. The highest BCUT2D eigenvalue weighted by atomic mass is 32.2. The van der Waals surface area contributed by atoms with Crippen LogP contribution in [-0.2, 0) is 0 Å². The first-order chi connectivity index (χ1) is 10.2. The molecule has 0 atom stereocenters. The smallest absolute Gasteiger partial charge is 0.449 e. The Morgan fingerprint density at radius 3 is 2.14 bits per heavy atom. The van der Waals surface area contributed by atoms with Crippen LogP contribution in [0, 0.1) is 0 Å². The summed E-state index contributed by atoms with van der Waals surface area (Å²) in [5.41, 5.74) is 2.15. The molecule has 0 saturated heterocycles. The van der Waals surface area contributed by atoms with Crippen molar-refractivity contribution >= 4 is 17.9 Å². The third-order valence-corrected chi connectivity index (χ3v) is 4.11. The number of carbonyl (C=O) groups is 1. The van der Waals surface area contributed by atoms with Gasteiger partial charge >= 0.3 is 6.16 Å². The molecule has 0 aliphatic carbocycles. The van der Waals surface area contributed by atoms with Gasteiger partial charge in [-0.15, -0.1) is 11.8 Å². The van der Waals surface area contributed by atoms with Crippen LogP contribution in [0.1, 0.15) is 19.8 Å². The second-order valence-electron chi connectivity index (χ2n) is 4.62. The number of hydrogen-bond donors (Lipinski definition) is 1. The van der Waals surface area contributed by atoms with Gasteiger partial charge in [-0.2, -0.15) is 0 Å². The highest BCUT2D eigenvalue weighted by molar-refractivity contribution is 7.99. The lowest BCUT2D eigenvalue weighted by Crippen LogP contribution is -2.02. The van der Waals surface area contributed by atoms with E-state index in [0.717, 1.165) is 16.9 Å². The Morgan fingerprint density at radius 1 is 1.05 bits per heavy atom. The molecule has 2 aromatic rings. The van der Waals surface area contributed by atoms with E-state index in [1.54, 1.807) is 12.1 Å². The Balaban J connectivity index is 2.02. The van der Waals surface area contributed by atoms with Gasteiger partial charge in [0.25, 0.3) is 0 Å². The van der Waals surface area contributed by atoms with Crippen molar-refractivity contribution in [3.8, 4) is 16.9 Å². The zero-order valence-electron chi connectivity index (χ0n) is 11.9. The van der Waals surface area contributed by atoms with Crippen molar-refractivity contribution in [2.75, 3.05) is 5.75 Å². The first-order valence-electron chi connectivity index (χ1n) is 6.93. The van der Waals surface area contributed by atoms with Gasteiger partial charge in [0.15, 0.2) is 0 Å². The molecule has 0 fully saturated rings. The Morgan fingerprint density at radius 2 is 1.62 bits per heavy atom. The van der Waals surface area contributed by atoms with Crippen molar-refractivity contribution in [2.24, 2.45) is 0 Å². The summed E-state index contributed by atoms with van der Waals surface area (Å²) < 4.78 is 4.59. The zero-order chi connectivity index (χ0) is 15.1. The Bertz CT molecular complexity index is 576. The van der Waals surface area contributed by atoms with Crippen LogP contribution in [0.3, 0.4) is 0 Å². The van der Waals surface area contributed by atoms with Crippen LogP contribution in [-0.4, -0.2) is 17.0 Å². The lowest BCUT2D eigenvalue weighted by molar-refractivity contribution is 0.144. The van der Waals surface area contributed by atoms with E-state index < -0.39 is 6.16 Å². The maximum Gasteiger partial charge on any atom is 0.511 e. The molecule has 0 aliphatic rings. The maximum absolute atomic E-state index is 10.4. The number of rotatable bonds is 6. The summed E-state index contributed by atoms with van der Waals surface area (Å²) in [5, 5.41) is 8.55. The predicted molar refractivity (Wildman–Crippen MR) is 86.2 cm³/mol. The van der Waals surface area contributed by atoms with Crippen molar-refractivity contribution in [1.82, 2.24) is 0 Å². The molecule has 1 N–H and O–H groups in total. The zero-order valence-corrected chi connectivity index (χ0v) is 12.7. The molecular weight excluding hydrogens is 284 g/mol. The number of ether oxygens (including phenoxy) is 1. The van der Waals surface area contributed by atoms with E-state index in [4.69, 9.17) is 5.11 Å². The first kappa shape index (κ1) is 15.4. The van der Waals surface area contributed by atoms with E-state index in [-0.39, 0.29) is 0 Å². The minimum Gasteiger partial charge on any atom is -0.449 e. The molecule has 3 nitrogen and oxygen atoms in total. The highest BCUT2D eigenvalue weighted by Gasteiger charge is 2.02. The minimum atomic E-state index is -1.30. The molecule has 0 radical (unpaired) electrons. The molecule has 0 aromatic heterocycles. The topological polar surface area (TPSA) is 46.5 Å². The molecule has 2 aromatic carbocycles. The Kier molecular flexibility index (Phi) is 5.69. The van der Waals surface area contributed by atoms with Crippen molar-refractivity contribution in [3.63, 3.8) is 0 Å². The van der Waals surface area contributed by atoms with Gasteiger partial charge in [0.05, 0.1) is 0 Å². The number of thioether (sulfide) groups is 1. The van der Waals surface area contributed by atoms with E-state index in [0.29, 0.717) is 5.75 Å². The molecule has 0 saturated carbocycles. The van der Waals surface area contributed by atoms with Gasteiger partial charge in [0, 0.05) is 4.90 Å². The molecule has 2 rings (SSSR count). The molecule has 4 heteroatoms. The fourth-order valence-electron chi connectivity index (χ4n) is 1.89. The van der Waals surface area contributed by atoms with Gasteiger partial charge < -0.3 is 9.84 Å². The van der Waals surface area contributed by atoms with Crippen molar-refractivity contribution < 1.29 is 14.6 Å². The molecule has 110 valence electrons. The molecule has 0 aliphatic heterocycles. The third-order valence-electron chi connectivity index (χ3n) is 3.01. The summed E-state index contributed by atoms with van der Waals surface area (Å²) in [7, 11) is 0.